The van der Waals surface area contributed by atoms with Crippen molar-refractivity contribution in [3.8, 4) is 0 Å². The third-order valence-corrected chi connectivity index (χ3v) is 3.79. The maximum atomic E-state index is 12.4. The van der Waals surface area contributed by atoms with Gasteiger partial charge in [-0.2, -0.15) is 0 Å². The summed E-state index contributed by atoms with van der Waals surface area (Å²) < 4.78 is 1.67. The third kappa shape index (κ3) is 3.68. The standard InChI is InChI=1S/C19H20N4O/c1-14(2)16-10-6-7-11-17(16)20-19(24)18-13-23(22-21-18)12-15-8-4-3-5-9-15/h3-11,13-14H,12H2,1-2H3,(H,20,24). The maximum absolute atomic E-state index is 12.4. The molecule has 0 saturated heterocycles. The fourth-order valence-corrected chi connectivity index (χ4v) is 2.55. The highest BCUT2D eigenvalue weighted by Gasteiger charge is 2.14. The highest BCUT2D eigenvalue weighted by molar-refractivity contribution is 6.03. The molecule has 0 aliphatic rings. The van der Waals surface area contributed by atoms with E-state index < -0.39 is 0 Å². The molecule has 0 saturated carbocycles. The molecule has 0 fully saturated rings. The fourth-order valence-electron chi connectivity index (χ4n) is 2.55. The molecule has 0 spiro atoms. The Bertz CT molecular complexity index is 824. The van der Waals surface area contributed by atoms with Crippen molar-refractivity contribution in [3.05, 3.63) is 77.6 Å². The Morgan fingerprint density at radius 2 is 1.79 bits per heavy atom. The molecule has 0 aliphatic carbocycles. The molecule has 1 N–H and O–H groups in total. The molecule has 1 aromatic heterocycles. The molecule has 3 aromatic rings. The largest absolute Gasteiger partial charge is 0.320 e. The molecule has 122 valence electrons. The van der Waals surface area contributed by atoms with Crippen molar-refractivity contribution in [1.29, 1.82) is 0 Å². The van der Waals surface area contributed by atoms with Gasteiger partial charge in [-0.3, -0.25) is 4.79 Å². The predicted octanol–water partition coefficient (Wildman–Crippen LogP) is 3.70. The van der Waals surface area contributed by atoms with Crippen LogP contribution in [0.2, 0.25) is 0 Å². The number of para-hydroxylation sites is 1. The number of amides is 1. The van der Waals surface area contributed by atoms with Gasteiger partial charge in [0.1, 0.15) is 0 Å². The maximum Gasteiger partial charge on any atom is 0.277 e. The van der Waals surface area contributed by atoms with Gasteiger partial charge in [0.25, 0.3) is 5.91 Å². The number of hydrogen-bond acceptors (Lipinski definition) is 3. The summed E-state index contributed by atoms with van der Waals surface area (Å²) in [5.74, 6) is 0.0812. The lowest BCUT2D eigenvalue weighted by Gasteiger charge is -2.12. The van der Waals surface area contributed by atoms with Gasteiger partial charge in [0, 0.05) is 5.69 Å². The fraction of sp³-hybridized carbons (Fsp3) is 0.211. The predicted molar refractivity (Wildman–Crippen MR) is 94.1 cm³/mol. The highest BCUT2D eigenvalue weighted by atomic mass is 16.2. The van der Waals surface area contributed by atoms with Crippen LogP contribution in [0.5, 0.6) is 0 Å². The van der Waals surface area contributed by atoms with E-state index in [9.17, 15) is 4.79 Å². The molecule has 5 nitrogen and oxygen atoms in total. The van der Waals surface area contributed by atoms with Crippen molar-refractivity contribution in [3.63, 3.8) is 0 Å². The first-order valence-corrected chi connectivity index (χ1v) is 7.98. The van der Waals surface area contributed by atoms with Gasteiger partial charge in [-0.1, -0.05) is 67.6 Å². The minimum absolute atomic E-state index is 0.248. The highest BCUT2D eigenvalue weighted by Crippen LogP contribution is 2.23. The summed E-state index contributed by atoms with van der Waals surface area (Å²) in [6.45, 7) is 4.78. The van der Waals surface area contributed by atoms with Gasteiger partial charge in [0.15, 0.2) is 5.69 Å². The van der Waals surface area contributed by atoms with Gasteiger partial charge in [-0.25, -0.2) is 4.68 Å². The molecule has 1 heterocycles. The average molecular weight is 320 g/mol. The van der Waals surface area contributed by atoms with E-state index in [1.54, 1.807) is 10.9 Å². The van der Waals surface area contributed by atoms with Crippen molar-refractivity contribution >= 4 is 11.6 Å². The number of rotatable bonds is 5. The normalized spacial score (nSPS) is 10.8. The summed E-state index contributed by atoms with van der Waals surface area (Å²) in [5.41, 5.74) is 3.33. The molecule has 0 bridgehead atoms. The van der Waals surface area contributed by atoms with Crippen molar-refractivity contribution in [1.82, 2.24) is 15.0 Å². The Kier molecular flexibility index (Phi) is 4.70. The third-order valence-electron chi connectivity index (χ3n) is 3.79. The van der Waals surface area contributed by atoms with E-state index in [1.165, 1.54) is 0 Å². The van der Waals surface area contributed by atoms with Crippen molar-refractivity contribution in [2.45, 2.75) is 26.3 Å². The van der Waals surface area contributed by atoms with Crippen molar-refractivity contribution < 1.29 is 4.79 Å². The van der Waals surface area contributed by atoms with Gasteiger partial charge in [-0.15, -0.1) is 5.10 Å². The monoisotopic (exact) mass is 320 g/mol. The molecule has 3 rings (SSSR count). The number of carbonyl (C=O) groups excluding carboxylic acids is 1. The van der Waals surface area contributed by atoms with Crippen LogP contribution in [0.15, 0.2) is 60.8 Å². The molecule has 1 amide bonds. The first-order chi connectivity index (χ1) is 11.6. The van der Waals surface area contributed by atoms with E-state index in [4.69, 9.17) is 0 Å². The lowest BCUT2D eigenvalue weighted by Crippen LogP contribution is -2.14. The molecule has 0 atom stereocenters. The van der Waals surface area contributed by atoms with Crippen LogP contribution in [0.3, 0.4) is 0 Å². The molecular weight excluding hydrogens is 300 g/mol. The number of benzene rings is 2. The lowest BCUT2D eigenvalue weighted by molar-refractivity contribution is 0.102. The van der Waals surface area contributed by atoms with Gasteiger partial charge < -0.3 is 5.32 Å². The zero-order valence-electron chi connectivity index (χ0n) is 13.8. The number of carbonyl (C=O) groups is 1. The van der Waals surface area contributed by atoms with Crippen molar-refractivity contribution in [2.24, 2.45) is 0 Å². The molecule has 2 aromatic carbocycles. The van der Waals surface area contributed by atoms with Gasteiger partial charge in [0.05, 0.1) is 12.7 Å². The van der Waals surface area contributed by atoms with Gasteiger partial charge >= 0.3 is 0 Å². The Labute approximate surface area is 141 Å². The van der Waals surface area contributed by atoms with E-state index in [0.29, 0.717) is 18.2 Å². The topological polar surface area (TPSA) is 59.8 Å². The Hall–Kier alpha value is -2.95. The first kappa shape index (κ1) is 15.9. The summed E-state index contributed by atoms with van der Waals surface area (Å²) in [7, 11) is 0. The van der Waals surface area contributed by atoms with Crippen LogP contribution in [0.4, 0.5) is 5.69 Å². The molecular formula is C19H20N4O. The van der Waals surface area contributed by atoms with Crippen LogP contribution >= 0.6 is 0 Å². The zero-order valence-corrected chi connectivity index (χ0v) is 13.8. The van der Waals surface area contributed by atoms with E-state index in [1.807, 2.05) is 54.6 Å². The van der Waals surface area contributed by atoms with Crippen molar-refractivity contribution in [2.75, 3.05) is 5.32 Å². The number of anilines is 1. The minimum atomic E-state index is -0.248. The number of hydrogen-bond donors (Lipinski definition) is 1. The second kappa shape index (κ2) is 7.08. The van der Waals surface area contributed by atoms with Crippen LogP contribution in [0, 0.1) is 0 Å². The quantitative estimate of drug-likeness (QED) is 0.780. The van der Waals surface area contributed by atoms with E-state index >= 15 is 0 Å². The number of nitrogens with one attached hydrogen (secondary N) is 1. The second-order valence-corrected chi connectivity index (χ2v) is 5.98. The molecule has 0 radical (unpaired) electrons. The van der Waals surface area contributed by atoms with E-state index in [-0.39, 0.29) is 5.91 Å². The Morgan fingerprint density at radius 1 is 1.08 bits per heavy atom. The lowest BCUT2D eigenvalue weighted by atomic mass is 10.0. The Balaban J connectivity index is 1.73. The second-order valence-electron chi connectivity index (χ2n) is 5.98. The number of aromatic nitrogens is 3. The summed E-state index contributed by atoms with van der Waals surface area (Å²) in [6, 6.07) is 17.8. The van der Waals surface area contributed by atoms with Crippen LogP contribution in [-0.4, -0.2) is 20.9 Å². The Morgan fingerprint density at radius 3 is 2.54 bits per heavy atom. The van der Waals surface area contributed by atoms with Crippen LogP contribution in [-0.2, 0) is 6.54 Å². The summed E-state index contributed by atoms with van der Waals surface area (Å²) in [5, 5.41) is 11.0. The molecule has 0 unspecified atom stereocenters. The minimum Gasteiger partial charge on any atom is -0.320 e. The molecule has 0 aliphatic heterocycles. The SMILES string of the molecule is CC(C)c1ccccc1NC(=O)c1cn(Cc2ccccc2)nn1. The average Bonchev–Trinajstić information content (AvgIpc) is 3.05. The summed E-state index contributed by atoms with van der Waals surface area (Å²) in [6.07, 6.45) is 1.67. The van der Waals surface area contributed by atoms with Crippen LogP contribution in [0.1, 0.15) is 41.4 Å². The summed E-state index contributed by atoms with van der Waals surface area (Å²) in [4.78, 5) is 12.4. The van der Waals surface area contributed by atoms with E-state index in [0.717, 1.165) is 16.8 Å². The zero-order chi connectivity index (χ0) is 16.9. The van der Waals surface area contributed by atoms with E-state index in [2.05, 4.69) is 29.5 Å². The smallest absolute Gasteiger partial charge is 0.277 e. The van der Waals surface area contributed by atoms with Crippen LogP contribution in [0.25, 0.3) is 0 Å². The number of nitrogens with zero attached hydrogens (tertiary/aromatic N) is 3. The first-order valence-electron chi connectivity index (χ1n) is 7.98. The summed E-state index contributed by atoms with van der Waals surface area (Å²) >= 11 is 0. The molecule has 5 heteroatoms. The molecule has 24 heavy (non-hydrogen) atoms. The van der Waals surface area contributed by atoms with Crippen LogP contribution < -0.4 is 5.32 Å². The van der Waals surface area contributed by atoms with Gasteiger partial charge in [0.2, 0.25) is 0 Å². The van der Waals surface area contributed by atoms with Gasteiger partial charge in [-0.05, 0) is 23.1 Å².